The summed E-state index contributed by atoms with van der Waals surface area (Å²) in [4.78, 5) is 26.4. The number of hydrogen-bond acceptors (Lipinski definition) is 3. The van der Waals surface area contributed by atoms with Crippen LogP contribution in [0.2, 0.25) is 5.02 Å². The molecule has 132 valence electrons. The van der Waals surface area contributed by atoms with Crippen LogP contribution in [0.25, 0.3) is 0 Å². The number of carbonyl (C=O) groups is 2. The molecule has 1 heterocycles. The van der Waals surface area contributed by atoms with Gasteiger partial charge in [-0.15, -0.1) is 0 Å². The first-order valence-corrected chi connectivity index (χ1v) is 8.57. The van der Waals surface area contributed by atoms with E-state index in [1.807, 2.05) is 11.8 Å². The van der Waals surface area contributed by atoms with E-state index in [4.69, 9.17) is 11.6 Å². The van der Waals surface area contributed by atoms with Crippen molar-refractivity contribution in [1.29, 1.82) is 0 Å². The summed E-state index contributed by atoms with van der Waals surface area (Å²) >= 11 is 5.73. The lowest BCUT2D eigenvalue weighted by molar-refractivity contribution is -0.129. The van der Waals surface area contributed by atoms with Crippen LogP contribution in [0.5, 0.6) is 0 Å². The standard InChI is InChI=1S/C17H23ClFN3O2/c1-3-20-17(24)12-5-4-8-22(10-12)11(2)16(23)21-13-6-7-15(19)14(18)9-13/h6-7,9,11-12H,3-5,8,10H2,1-2H3,(H,20,24)(H,21,23). The summed E-state index contributed by atoms with van der Waals surface area (Å²) < 4.78 is 13.2. The second-order valence-corrected chi connectivity index (χ2v) is 6.43. The highest BCUT2D eigenvalue weighted by atomic mass is 35.5. The molecule has 24 heavy (non-hydrogen) atoms. The summed E-state index contributed by atoms with van der Waals surface area (Å²) in [5, 5.41) is 5.55. The van der Waals surface area contributed by atoms with Crippen LogP contribution >= 0.6 is 11.6 Å². The predicted octanol–water partition coefficient (Wildman–Crippen LogP) is 2.65. The zero-order valence-corrected chi connectivity index (χ0v) is 14.7. The summed E-state index contributed by atoms with van der Waals surface area (Å²) in [6.07, 6.45) is 1.71. The maximum atomic E-state index is 13.2. The van der Waals surface area contributed by atoms with Gasteiger partial charge in [0.1, 0.15) is 5.82 Å². The van der Waals surface area contributed by atoms with Crippen LogP contribution in [0.1, 0.15) is 26.7 Å². The average molecular weight is 356 g/mol. The zero-order valence-electron chi connectivity index (χ0n) is 13.9. The molecule has 1 aliphatic heterocycles. The van der Waals surface area contributed by atoms with Crippen molar-refractivity contribution in [1.82, 2.24) is 10.2 Å². The first-order valence-electron chi connectivity index (χ1n) is 8.20. The molecule has 2 atom stereocenters. The fourth-order valence-electron chi connectivity index (χ4n) is 2.88. The lowest BCUT2D eigenvalue weighted by Gasteiger charge is -2.35. The summed E-state index contributed by atoms with van der Waals surface area (Å²) in [5.74, 6) is -0.771. The van der Waals surface area contributed by atoms with Gasteiger partial charge < -0.3 is 10.6 Å². The summed E-state index contributed by atoms with van der Waals surface area (Å²) in [6.45, 7) is 5.64. The van der Waals surface area contributed by atoms with Gasteiger partial charge in [0.15, 0.2) is 0 Å². The molecule has 0 radical (unpaired) electrons. The van der Waals surface area contributed by atoms with Crippen LogP contribution in [0, 0.1) is 11.7 Å². The van der Waals surface area contributed by atoms with Gasteiger partial charge in [-0.05, 0) is 51.4 Å². The van der Waals surface area contributed by atoms with E-state index in [1.54, 1.807) is 6.92 Å². The Morgan fingerprint density at radius 3 is 2.88 bits per heavy atom. The highest BCUT2D eigenvalue weighted by molar-refractivity contribution is 6.31. The highest BCUT2D eigenvalue weighted by Gasteiger charge is 2.30. The second kappa shape index (κ2) is 8.44. The van der Waals surface area contributed by atoms with Crippen LogP contribution < -0.4 is 10.6 Å². The van der Waals surface area contributed by atoms with E-state index >= 15 is 0 Å². The zero-order chi connectivity index (χ0) is 17.7. The molecule has 1 aliphatic rings. The maximum Gasteiger partial charge on any atom is 0.241 e. The number of piperidine rings is 1. The van der Waals surface area contributed by atoms with E-state index in [0.717, 1.165) is 19.4 Å². The molecule has 7 heteroatoms. The molecule has 0 bridgehead atoms. The van der Waals surface area contributed by atoms with E-state index < -0.39 is 5.82 Å². The van der Waals surface area contributed by atoms with Crippen LogP contribution in [0.4, 0.5) is 10.1 Å². The molecule has 2 unspecified atom stereocenters. The topological polar surface area (TPSA) is 61.4 Å². The van der Waals surface area contributed by atoms with Crippen LogP contribution in [-0.2, 0) is 9.59 Å². The Bertz CT molecular complexity index is 611. The molecule has 1 saturated heterocycles. The van der Waals surface area contributed by atoms with Crippen molar-refractivity contribution in [2.75, 3.05) is 25.0 Å². The van der Waals surface area contributed by atoms with Crippen molar-refractivity contribution < 1.29 is 14.0 Å². The SMILES string of the molecule is CCNC(=O)C1CCCN(C(C)C(=O)Nc2ccc(F)c(Cl)c2)C1. The van der Waals surface area contributed by atoms with Crippen molar-refractivity contribution in [3.63, 3.8) is 0 Å². The molecule has 0 aromatic heterocycles. The van der Waals surface area contributed by atoms with Crippen LogP contribution in [0.3, 0.4) is 0 Å². The summed E-state index contributed by atoms with van der Waals surface area (Å²) in [6, 6.07) is 3.69. The molecule has 2 rings (SSSR count). The molecule has 5 nitrogen and oxygen atoms in total. The molecule has 0 aliphatic carbocycles. The number of likely N-dealkylation sites (tertiary alicyclic amines) is 1. The van der Waals surface area contributed by atoms with Gasteiger partial charge >= 0.3 is 0 Å². The van der Waals surface area contributed by atoms with Gasteiger partial charge in [-0.25, -0.2) is 4.39 Å². The Morgan fingerprint density at radius 1 is 1.46 bits per heavy atom. The molecule has 2 N–H and O–H groups in total. The number of nitrogens with one attached hydrogen (secondary N) is 2. The fraction of sp³-hybridized carbons (Fsp3) is 0.529. The first kappa shape index (κ1) is 18.7. The molecule has 0 spiro atoms. The van der Waals surface area contributed by atoms with Crippen molar-refractivity contribution in [3.8, 4) is 0 Å². The maximum absolute atomic E-state index is 13.2. The number of halogens is 2. The molecule has 1 aromatic rings. The third-order valence-electron chi connectivity index (χ3n) is 4.29. The monoisotopic (exact) mass is 355 g/mol. The third-order valence-corrected chi connectivity index (χ3v) is 4.58. The van der Waals surface area contributed by atoms with Gasteiger partial charge in [0, 0.05) is 18.8 Å². The summed E-state index contributed by atoms with van der Waals surface area (Å²) in [5.41, 5.74) is 0.454. The molecular weight excluding hydrogens is 333 g/mol. The van der Waals surface area contributed by atoms with Crippen LogP contribution in [-0.4, -0.2) is 42.4 Å². The minimum atomic E-state index is -0.525. The molecule has 1 aromatic carbocycles. The normalized spacial score (nSPS) is 19.6. The Morgan fingerprint density at radius 2 is 2.21 bits per heavy atom. The van der Waals surface area contributed by atoms with Gasteiger partial charge in [-0.1, -0.05) is 11.6 Å². The van der Waals surface area contributed by atoms with Crippen LogP contribution in [0.15, 0.2) is 18.2 Å². The minimum Gasteiger partial charge on any atom is -0.356 e. The average Bonchev–Trinajstić information content (AvgIpc) is 2.57. The first-order chi connectivity index (χ1) is 11.4. The molecule has 1 fully saturated rings. The van der Waals surface area contributed by atoms with Gasteiger partial charge in [0.2, 0.25) is 11.8 Å². The van der Waals surface area contributed by atoms with Crippen molar-refractivity contribution in [2.45, 2.75) is 32.7 Å². The number of anilines is 1. The van der Waals surface area contributed by atoms with Gasteiger partial charge in [-0.2, -0.15) is 0 Å². The Balaban J connectivity index is 1.96. The van der Waals surface area contributed by atoms with E-state index in [2.05, 4.69) is 10.6 Å². The number of rotatable bonds is 5. The van der Waals surface area contributed by atoms with E-state index in [1.165, 1.54) is 18.2 Å². The second-order valence-electron chi connectivity index (χ2n) is 6.02. The van der Waals surface area contributed by atoms with E-state index in [-0.39, 0.29) is 28.8 Å². The van der Waals surface area contributed by atoms with Gasteiger partial charge in [0.05, 0.1) is 17.0 Å². The fourth-order valence-corrected chi connectivity index (χ4v) is 3.06. The lowest BCUT2D eigenvalue weighted by Crippen LogP contribution is -2.50. The molecular formula is C17H23ClFN3O2. The summed E-state index contributed by atoms with van der Waals surface area (Å²) in [7, 11) is 0. The number of nitrogens with zero attached hydrogens (tertiary/aromatic N) is 1. The van der Waals surface area contributed by atoms with Gasteiger partial charge in [0.25, 0.3) is 0 Å². The van der Waals surface area contributed by atoms with Crippen molar-refractivity contribution in [2.24, 2.45) is 5.92 Å². The van der Waals surface area contributed by atoms with E-state index in [9.17, 15) is 14.0 Å². The Hall–Kier alpha value is -1.66. The molecule has 0 saturated carbocycles. The molecule has 2 amide bonds. The quantitative estimate of drug-likeness (QED) is 0.853. The lowest BCUT2D eigenvalue weighted by atomic mass is 9.96. The Kier molecular flexibility index (Phi) is 6.57. The Labute approximate surface area is 146 Å². The minimum absolute atomic E-state index is 0.0327. The van der Waals surface area contributed by atoms with E-state index in [0.29, 0.717) is 18.8 Å². The predicted molar refractivity (Wildman–Crippen MR) is 92.5 cm³/mol. The number of benzene rings is 1. The number of hydrogen-bond donors (Lipinski definition) is 2. The van der Waals surface area contributed by atoms with Crippen molar-refractivity contribution >= 4 is 29.1 Å². The number of amides is 2. The number of carbonyl (C=O) groups excluding carboxylic acids is 2. The third kappa shape index (κ3) is 4.68. The smallest absolute Gasteiger partial charge is 0.241 e. The largest absolute Gasteiger partial charge is 0.356 e. The van der Waals surface area contributed by atoms with Gasteiger partial charge in [-0.3, -0.25) is 14.5 Å². The highest BCUT2D eigenvalue weighted by Crippen LogP contribution is 2.22. The van der Waals surface area contributed by atoms with Crippen molar-refractivity contribution in [3.05, 3.63) is 29.0 Å².